The molecule has 0 amide bonds. The topological polar surface area (TPSA) is 60.2 Å². The highest BCUT2D eigenvalue weighted by atomic mass is 32.1. The third-order valence-electron chi connectivity index (χ3n) is 4.74. The van der Waals surface area contributed by atoms with Gasteiger partial charge in [0.1, 0.15) is 16.6 Å². The van der Waals surface area contributed by atoms with Crippen molar-refractivity contribution in [2.75, 3.05) is 6.54 Å². The molecule has 0 spiro atoms. The van der Waals surface area contributed by atoms with Gasteiger partial charge in [0.2, 0.25) is 0 Å². The van der Waals surface area contributed by atoms with E-state index in [1.165, 1.54) is 23.1 Å². The molecule has 0 saturated heterocycles. The summed E-state index contributed by atoms with van der Waals surface area (Å²) in [6, 6.07) is 8.13. The lowest BCUT2D eigenvalue weighted by atomic mass is 10.1. The van der Waals surface area contributed by atoms with Gasteiger partial charge in [-0.3, -0.25) is 5.41 Å². The van der Waals surface area contributed by atoms with E-state index in [0.29, 0.717) is 21.8 Å². The molecule has 1 aromatic heterocycles. The maximum absolute atomic E-state index is 13.5. The second-order valence-electron chi connectivity index (χ2n) is 6.89. The average molecular weight is 451 g/mol. The minimum Gasteiger partial charge on any atom is -0.510 e. The maximum atomic E-state index is 13.5. The number of rotatable bonds is 4. The van der Waals surface area contributed by atoms with Crippen LogP contribution in [0.3, 0.4) is 0 Å². The van der Waals surface area contributed by atoms with E-state index < -0.39 is 23.4 Å². The number of amidine groups is 1. The monoisotopic (exact) mass is 451 g/mol. The Morgan fingerprint density at radius 1 is 1.10 bits per heavy atom. The first-order valence-corrected chi connectivity index (χ1v) is 9.85. The normalized spacial score (nSPS) is 14.6. The predicted molar refractivity (Wildman–Crippen MR) is 107 cm³/mol. The Labute approximate surface area is 177 Å². The molecule has 10 heteroatoms. The number of hydrogen-bond donors (Lipinski definition) is 2. The van der Waals surface area contributed by atoms with Crippen LogP contribution in [0.25, 0.3) is 16.8 Å². The van der Waals surface area contributed by atoms with Crippen LogP contribution >= 0.6 is 11.3 Å². The number of alkyl halides is 3. The summed E-state index contributed by atoms with van der Waals surface area (Å²) >= 11 is 1.11. The number of aliphatic hydroxyl groups is 1. The van der Waals surface area contributed by atoms with Crippen molar-refractivity contribution in [2.24, 2.45) is 0 Å². The Kier molecular flexibility index (Phi) is 5.26. The molecular formula is C21H14F5N3OS. The van der Waals surface area contributed by atoms with Crippen LogP contribution in [0, 0.1) is 17.0 Å². The zero-order chi connectivity index (χ0) is 22.3. The van der Waals surface area contributed by atoms with Crippen LogP contribution in [0.5, 0.6) is 0 Å². The molecule has 2 aromatic carbocycles. The van der Waals surface area contributed by atoms with Gasteiger partial charge < -0.3 is 10.0 Å². The zero-order valence-electron chi connectivity index (χ0n) is 15.7. The molecule has 31 heavy (non-hydrogen) atoms. The highest BCUT2D eigenvalue weighted by Crippen LogP contribution is 2.34. The number of benzene rings is 2. The number of hydrogen-bond acceptors (Lipinski definition) is 4. The maximum Gasteiger partial charge on any atom is 0.416 e. The molecule has 0 radical (unpaired) electrons. The molecule has 2 heterocycles. The molecule has 160 valence electrons. The van der Waals surface area contributed by atoms with Gasteiger partial charge in [-0.1, -0.05) is 12.1 Å². The summed E-state index contributed by atoms with van der Waals surface area (Å²) < 4.78 is 65.5. The number of nitrogens with one attached hydrogen (secondary N) is 1. The first kappa shape index (κ1) is 21.0. The molecule has 4 nitrogen and oxygen atoms in total. The van der Waals surface area contributed by atoms with Gasteiger partial charge in [-0.2, -0.15) is 13.2 Å². The summed E-state index contributed by atoms with van der Waals surface area (Å²) in [5.74, 6) is -2.22. The van der Waals surface area contributed by atoms with Crippen LogP contribution in [0.15, 0.2) is 53.6 Å². The van der Waals surface area contributed by atoms with E-state index in [0.717, 1.165) is 35.6 Å². The predicted octanol–water partition coefficient (Wildman–Crippen LogP) is 5.87. The van der Waals surface area contributed by atoms with E-state index in [4.69, 9.17) is 5.41 Å². The fraction of sp³-hybridized carbons (Fsp3) is 0.143. The lowest BCUT2D eigenvalue weighted by molar-refractivity contribution is -0.137. The van der Waals surface area contributed by atoms with Crippen molar-refractivity contribution in [1.82, 2.24) is 9.88 Å². The van der Waals surface area contributed by atoms with Crippen molar-refractivity contribution in [2.45, 2.75) is 12.7 Å². The van der Waals surface area contributed by atoms with Crippen LogP contribution in [0.4, 0.5) is 22.0 Å². The summed E-state index contributed by atoms with van der Waals surface area (Å²) in [5, 5.41) is 20.6. The number of aromatic nitrogens is 1. The van der Waals surface area contributed by atoms with Crippen LogP contribution in [-0.4, -0.2) is 27.4 Å². The van der Waals surface area contributed by atoms with E-state index in [9.17, 15) is 27.1 Å². The average Bonchev–Trinajstić information content (AvgIpc) is 3.28. The standard InChI is InChI=1S/C21H14F5N3OS/c22-14-5-4-12(7-15(14)23)16-10-31-20(28-16)18-17(30)9-29(19(18)27)8-11-2-1-3-13(6-11)21(24,25)26/h1-7,10,27,30H,8-9H2. The van der Waals surface area contributed by atoms with E-state index >= 15 is 0 Å². The largest absolute Gasteiger partial charge is 0.510 e. The molecule has 3 aromatic rings. The molecule has 0 fully saturated rings. The van der Waals surface area contributed by atoms with Gasteiger partial charge in [0.25, 0.3) is 0 Å². The van der Waals surface area contributed by atoms with Gasteiger partial charge >= 0.3 is 6.18 Å². The number of aliphatic hydroxyl groups excluding tert-OH is 1. The van der Waals surface area contributed by atoms with E-state index in [2.05, 4.69) is 4.98 Å². The third-order valence-corrected chi connectivity index (χ3v) is 5.60. The smallest absolute Gasteiger partial charge is 0.416 e. The number of halogens is 5. The molecule has 4 rings (SSSR count). The second-order valence-corrected chi connectivity index (χ2v) is 7.75. The van der Waals surface area contributed by atoms with Gasteiger partial charge in [-0.15, -0.1) is 11.3 Å². The van der Waals surface area contributed by atoms with Crippen LogP contribution in [0.1, 0.15) is 16.1 Å². The lowest BCUT2D eigenvalue weighted by Gasteiger charge is -2.19. The van der Waals surface area contributed by atoms with Crippen molar-refractivity contribution < 1.29 is 27.1 Å². The number of thiazole rings is 1. The Hall–Kier alpha value is -3.27. The van der Waals surface area contributed by atoms with Crippen molar-refractivity contribution in [3.63, 3.8) is 0 Å². The van der Waals surface area contributed by atoms with Crippen molar-refractivity contribution in [1.29, 1.82) is 5.41 Å². The summed E-state index contributed by atoms with van der Waals surface area (Å²) in [5.41, 5.74) is 0.403. The van der Waals surface area contributed by atoms with Gasteiger partial charge in [0.05, 0.1) is 23.4 Å². The number of nitrogens with zero attached hydrogens (tertiary/aromatic N) is 2. The first-order valence-electron chi connectivity index (χ1n) is 8.97. The highest BCUT2D eigenvalue weighted by molar-refractivity contribution is 7.11. The summed E-state index contributed by atoms with van der Waals surface area (Å²) in [6.45, 7) is -0.0534. The first-order chi connectivity index (χ1) is 14.6. The van der Waals surface area contributed by atoms with Crippen LogP contribution in [-0.2, 0) is 12.7 Å². The third kappa shape index (κ3) is 4.15. The van der Waals surface area contributed by atoms with Crippen molar-refractivity contribution in [3.05, 3.63) is 81.4 Å². The minimum absolute atomic E-state index is 0.00226. The van der Waals surface area contributed by atoms with E-state index in [-0.39, 0.29) is 30.3 Å². The molecule has 2 N–H and O–H groups in total. The van der Waals surface area contributed by atoms with Gasteiger partial charge in [0.15, 0.2) is 11.6 Å². The zero-order valence-corrected chi connectivity index (χ0v) is 16.5. The Morgan fingerprint density at radius 3 is 2.58 bits per heavy atom. The molecule has 1 aliphatic rings. The van der Waals surface area contributed by atoms with Gasteiger partial charge in [-0.25, -0.2) is 13.8 Å². The quantitative estimate of drug-likeness (QED) is 0.488. The van der Waals surface area contributed by atoms with Crippen molar-refractivity contribution in [3.8, 4) is 11.3 Å². The summed E-state index contributed by atoms with van der Waals surface area (Å²) in [7, 11) is 0. The molecule has 0 saturated carbocycles. The fourth-order valence-corrected chi connectivity index (χ4v) is 4.13. The molecule has 0 bridgehead atoms. The molecule has 0 atom stereocenters. The molecule has 0 aliphatic carbocycles. The summed E-state index contributed by atoms with van der Waals surface area (Å²) in [4.78, 5) is 5.75. The lowest BCUT2D eigenvalue weighted by Crippen LogP contribution is -2.26. The Bertz CT molecular complexity index is 1200. The van der Waals surface area contributed by atoms with Crippen LogP contribution in [0.2, 0.25) is 0 Å². The van der Waals surface area contributed by atoms with E-state index in [1.807, 2.05) is 0 Å². The highest BCUT2D eigenvalue weighted by Gasteiger charge is 2.32. The minimum atomic E-state index is -4.48. The molecule has 1 aliphatic heterocycles. The Balaban J connectivity index is 1.55. The molecule has 0 unspecified atom stereocenters. The van der Waals surface area contributed by atoms with Crippen molar-refractivity contribution >= 4 is 22.7 Å². The summed E-state index contributed by atoms with van der Waals surface area (Å²) in [6.07, 6.45) is -4.48. The fourth-order valence-electron chi connectivity index (χ4n) is 3.24. The van der Waals surface area contributed by atoms with E-state index in [1.54, 1.807) is 5.38 Å². The SMILES string of the molecule is N=C1C(c2nc(-c3ccc(F)c(F)c3)cs2)=C(O)CN1Cc1cccc(C(F)(F)F)c1. The molecular weight excluding hydrogens is 437 g/mol. The second kappa shape index (κ2) is 7.77. The van der Waals surface area contributed by atoms with Crippen LogP contribution < -0.4 is 0 Å². The Morgan fingerprint density at radius 2 is 1.87 bits per heavy atom. The van der Waals surface area contributed by atoms with Gasteiger partial charge in [-0.05, 0) is 35.9 Å². The van der Waals surface area contributed by atoms with Gasteiger partial charge in [0, 0.05) is 17.5 Å².